The Labute approximate surface area is 124 Å². The molecule has 0 saturated carbocycles. The third kappa shape index (κ3) is 1.81. The minimum Gasteiger partial charge on any atom is -0.464 e. The molecule has 0 amide bonds. The van der Waals surface area contributed by atoms with Crippen molar-refractivity contribution in [3.8, 4) is 11.3 Å². The molecule has 5 heteroatoms. The Morgan fingerprint density at radius 2 is 2.20 bits per heavy atom. The van der Waals surface area contributed by atoms with Crippen LogP contribution in [0, 0.1) is 0 Å². The van der Waals surface area contributed by atoms with Crippen molar-refractivity contribution in [3.05, 3.63) is 40.7 Å². The molecule has 4 nitrogen and oxygen atoms in total. The lowest BCUT2D eigenvalue weighted by Gasteiger charge is -2.07. The van der Waals surface area contributed by atoms with E-state index >= 15 is 0 Å². The van der Waals surface area contributed by atoms with Gasteiger partial charge in [-0.15, -0.1) is 0 Å². The molecule has 1 unspecified atom stereocenters. The first-order chi connectivity index (χ1) is 9.84. The first-order valence-corrected chi connectivity index (χ1v) is 7.57. The topological polar surface area (TPSA) is 53.9 Å². The minimum absolute atomic E-state index is 0.365. The molecule has 0 radical (unpaired) electrons. The van der Waals surface area contributed by atoms with Crippen LogP contribution in [0.3, 0.4) is 0 Å². The Morgan fingerprint density at radius 1 is 1.30 bits per heavy atom. The van der Waals surface area contributed by atoms with Crippen molar-refractivity contribution in [2.45, 2.75) is 18.9 Å². The van der Waals surface area contributed by atoms with Crippen LogP contribution in [0.25, 0.3) is 22.2 Å². The summed E-state index contributed by atoms with van der Waals surface area (Å²) in [5.74, 6) is 0. The van der Waals surface area contributed by atoms with Gasteiger partial charge >= 0.3 is 0 Å². The first kappa shape index (κ1) is 12.2. The molecular formula is C15H14BrN3O. The molecule has 102 valence electrons. The fraction of sp³-hybridized carbons (Fsp3) is 0.267. The summed E-state index contributed by atoms with van der Waals surface area (Å²) in [4.78, 5) is 0. The van der Waals surface area contributed by atoms with Gasteiger partial charge in [0, 0.05) is 10.9 Å². The van der Waals surface area contributed by atoms with Crippen LogP contribution in [0.15, 0.2) is 39.4 Å². The van der Waals surface area contributed by atoms with E-state index in [1.54, 1.807) is 6.26 Å². The second-order valence-electron chi connectivity index (χ2n) is 5.09. The second kappa shape index (κ2) is 4.75. The molecule has 0 bridgehead atoms. The van der Waals surface area contributed by atoms with Crippen LogP contribution >= 0.6 is 15.9 Å². The van der Waals surface area contributed by atoms with E-state index < -0.39 is 0 Å². The Morgan fingerprint density at radius 3 is 3.05 bits per heavy atom. The van der Waals surface area contributed by atoms with Gasteiger partial charge in [-0.1, -0.05) is 18.2 Å². The van der Waals surface area contributed by atoms with Crippen molar-refractivity contribution < 1.29 is 4.42 Å². The van der Waals surface area contributed by atoms with Crippen LogP contribution in [-0.4, -0.2) is 16.7 Å². The third-order valence-corrected chi connectivity index (χ3v) is 4.68. The smallest absolute Gasteiger partial charge is 0.134 e. The summed E-state index contributed by atoms with van der Waals surface area (Å²) in [6.45, 7) is 1.07. The van der Waals surface area contributed by atoms with Crippen LogP contribution < -0.4 is 5.32 Å². The maximum Gasteiger partial charge on any atom is 0.134 e. The van der Waals surface area contributed by atoms with E-state index in [-0.39, 0.29) is 0 Å². The summed E-state index contributed by atoms with van der Waals surface area (Å²) < 4.78 is 6.63. The molecule has 1 fully saturated rings. The van der Waals surface area contributed by atoms with E-state index in [0.29, 0.717) is 6.04 Å². The summed E-state index contributed by atoms with van der Waals surface area (Å²) in [6.07, 6.45) is 4.13. The Kier molecular flexibility index (Phi) is 2.89. The number of aromatic amines is 1. The number of benzene rings is 1. The SMILES string of the molecule is Brc1c(-c2coc3ccccc23)n[nH]c1C1CCCN1. The van der Waals surface area contributed by atoms with Gasteiger partial charge in [-0.3, -0.25) is 5.10 Å². The average Bonchev–Trinajstić information content (AvgIpc) is 3.17. The highest BCUT2D eigenvalue weighted by Gasteiger charge is 2.24. The Balaban J connectivity index is 1.82. The molecule has 2 N–H and O–H groups in total. The molecule has 1 atom stereocenters. The Hall–Kier alpha value is -1.59. The quantitative estimate of drug-likeness (QED) is 0.745. The van der Waals surface area contributed by atoms with Crippen molar-refractivity contribution in [1.29, 1.82) is 0 Å². The zero-order valence-corrected chi connectivity index (χ0v) is 12.4. The molecule has 1 aromatic carbocycles. The maximum atomic E-state index is 5.60. The Bertz CT molecular complexity index is 755. The molecule has 1 saturated heterocycles. The van der Waals surface area contributed by atoms with Crippen LogP contribution in [0.2, 0.25) is 0 Å². The molecule has 4 rings (SSSR count). The van der Waals surface area contributed by atoms with Crippen LogP contribution in [0.4, 0.5) is 0 Å². The van der Waals surface area contributed by atoms with E-state index in [4.69, 9.17) is 4.42 Å². The number of H-pyrrole nitrogens is 1. The lowest BCUT2D eigenvalue weighted by Crippen LogP contribution is -2.13. The molecule has 1 aliphatic rings. The molecule has 1 aliphatic heterocycles. The van der Waals surface area contributed by atoms with E-state index in [2.05, 4.69) is 37.5 Å². The van der Waals surface area contributed by atoms with Gasteiger partial charge in [-0.05, 0) is 41.4 Å². The van der Waals surface area contributed by atoms with Crippen LogP contribution in [0.5, 0.6) is 0 Å². The third-order valence-electron chi connectivity index (χ3n) is 3.88. The van der Waals surface area contributed by atoms with E-state index in [1.807, 2.05) is 18.2 Å². The molecule has 0 aliphatic carbocycles. The highest BCUT2D eigenvalue weighted by molar-refractivity contribution is 9.10. The van der Waals surface area contributed by atoms with E-state index in [1.165, 1.54) is 6.42 Å². The fourth-order valence-electron chi connectivity index (χ4n) is 2.84. The second-order valence-corrected chi connectivity index (χ2v) is 5.89. The fourth-order valence-corrected chi connectivity index (χ4v) is 3.51. The standard InChI is InChI=1S/C15H14BrN3O/c16-13-14(18-19-15(13)11-5-3-7-17-11)10-8-20-12-6-2-1-4-9(10)12/h1-2,4,6,8,11,17H,3,5,7H2,(H,18,19). The number of para-hydroxylation sites is 1. The van der Waals surface area contributed by atoms with Gasteiger partial charge in [0.15, 0.2) is 0 Å². The lowest BCUT2D eigenvalue weighted by atomic mass is 10.1. The molecular weight excluding hydrogens is 318 g/mol. The summed E-state index contributed by atoms with van der Waals surface area (Å²) in [7, 11) is 0. The lowest BCUT2D eigenvalue weighted by molar-refractivity contribution is 0.616. The highest BCUT2D eigenvalue weighted by atomic mass is 79.9. The number of fused-ring (bicyclic) bond motifs is 1. The van der Waals surface area contributed by atoms with Crippen molar-refractivity contribution in [3.63, 3.8) is 0 Å². The predicted molar refractivity (Wildman–Crippen MR) is 81.5 cm³/mol. The molecule has 0 spiro atoms. The van der Waals surface area contributed by atoms with Crippen LogP contribution in [-0.2, 0) is 0 Å². The number of hydrogen-bond acceptors (Lipinski definition) is 3. The van der Waals surface area contributed by atoms with Crippen molar-refractivity contribution >= 4 is 26.9 Å². The normalized spacial score (nSPS) is 18.9. The van der Waals surface area contributed by atoms with Crippen molar-refractivity contribution in [2.24, 2.45) is 0 Å². The van der Waals surface area contributed by atoms with Gasteiger partial charge < -0.3 is 9.73 Å². The number of hydrogen-bond donors (Lipinski definition) is 2. The number of furan rings is 1. The summed E-state index contributed by atoms with van der Waals surface area (Å²) in [5.41, 5.74) is 3.95. The van der Waals surface area contributed by atoms with Gasteiger partial charge in [-0.2, -0.15) is 5.10 Å². The molecule has 3 heterocycles. The van der Waals surface area contributed by atoms with E-state index in [0.717, 1.165) is 45.4 Å². The van der Waals surface area contributed by atoms with Gasteiger partial charge in [-0.25, -0.2) is 0 Å². The summed E-state index contributed by atoms with van der Waals surface area (Å²) >= 11 is 3.69. The predicted octanol–water partition coefficient (Wildman–Crippen LogP) is 4.01. The zero-order valence-electron chi connectivity index (χ0n) is 10.8. The largest absolute Gasteiger partial charge is 0.464 e. The van der Waals surface area contributed by atoms with Gasteiger partial charge in [0.1, 0.15) is 17.5 Å². The van der Waals surface area contributed by atoms with Gasteiger partial charge in [0.25, 0.3) is 0 Å². The van der Waals surface area contributed by atoms with Crippen molar-refractivity contribution in [1.82, 2.24) is 15.5 Å². The monoisotopic (exact) mass is 331 g/mol. The summed E-state index contributed by atoms with van der Waals surface area (Å²) in [6, 6.07) is 8.38. The number of nitrogens with zero attached hydrogens (tertiary/aromatic N) is 1. The molecule has 3 aromatic rings. The summed E-state index contributed by atoms with van der Waals surface area (Å²) in [5, 5.41) is 12.2. The van der Waals surface area contributed by atoms with Gasteiger partial charge in [0.05, 0.1) is 16.2 Å². The first-order valence-electron chi connectivity index (χ1n) is 6.78. The van der Waals surface area contributed by atoms with Crippen LogP contribution in [0.1, 0.15) is 24.6 Å². The number of halogens is 1. The number of rotatable bonds is 2. The van der Waals surface area contributed by atoms with Gasteiger partial charge in [0.2, 0.25) is 0 Å². The molecule has 20 heavy (non-hydrogen) atoms. The van der Waals surface area contributed by atoms with E-state index in [9.17, 15) is 0 Å². The molecule has 2 aromatic heterocycles. The number of aromatic nitrogens is 2. The average molecular weight is 332 g/mol. The number of nitrogens with one attached hydrogen (secondary N) is 2. The zero-order chi connectivity index (χ0) is 13.5. The minimum atomic E-state index is 0.365. The highest BCUT2D eigenvalue weighted by Crippen LogP contribution is 2.38. The maximum absolute atomic E-state index is 5.60. The van der Waals surface area contributed by atoms with Crippen molar-refractivity contribution in [2.75, 3.05) is 6.54 Å².